The van der Waals surface area contributed by atoms with Crippen molar-refractivity contribution < 1.29 is 33.8 Å². The van der Waals surface area contributed by atoms with Gasteiger partial charge in [-0.25, -0.2) is 9.36 Å². The van der Waals surface area contributed by atoms with Crippen LogP contribution in [-0.4, -0.2) is 54.5 Å². The molecule has 0 bridgehead atoms. The molecule has 2 heterocycles. The highest BCUT2D eigenvalue weighted by molar-refractivity contribution is 7.46. The van der Waals surface area contributed by atoms with Gasteiger partial charge in [0.25, 0.3) is 5.56 Å². The van der Waals surface area contributed by atoms with Crippen LogP contribution in [0.4, 0.5) is 0 Å². The van der Waals surface area contributed by atoms with E-state index in [0.29, 0.717) is 12.0 Å². The Morgan fingerprint density at radius 1 is 1.32 bits per heavy atom. The summed E-state index contributed by atoms with van der Waals surface area (Å²) in [6.45, 7) is 1.26. The topological polar surface area (TPSA) is 171 Å². The molecule has 5 N–H and O–H groups in total. The molecule has 25 heavy (non-hydrogen) atoms. The highest BCUT2D eigenvalue weighted by Gasteiger charge is 2.45. The van der Waals surface area contributed by atoms with E-state index in [9.17, 15) is 24.4 Å². The zero-order valence-corrected chi connectivity index (χ0v) is 14.3. The number of nitrogens with zero attached hydrogens (tertiary/aromatic N) is 1. The second-order valence-electron chi connectivity index (χ2n) is 5.76. The first-order valence-corrected chi connectivity index (χ1v) is 9.23. The molecule has 1 aliphatic heterocycles. The Hall–Kier alpha value is -1.33. The van der Waals surface area contributed by atoms with Crippen LogP contribution in [0.25, 0.3) is 0 Å². The molecule has 1 aromatic rings. The molecule has 0 aromatic carbocycles. The number of unbranched alkanes of at least 4 members (excludes halogenated alkanes) is 1. The lowest BCUT2D eigenvalue weighted by Gasteiger charge is -2.18. The molecule has 1 saturated heterocycles. The van der Waals surface area contributed by atoms with E-state index in [1.54, 1.807) is 0 Å². The smallest absolute Gasteiger partial charge is 0.387 e. The molecule has 142 valence electrons. The number of rotatable bonds is 7. The van der Waals surface area contributed by atoms with Crippen molar-refractivity contribution in [1.29, 1.82) is 0 Å². The van der Waals surface area contributed by atoms with E-state index < -0.39 is 50.2 Å². The predicted molar refractivity (Wildman–Crippen MR) is 83.9 cm³/mol. The number of hydrogen-bond acceptors (Lipinski definition) is 7. The summed E-state index contributed by atoms with van der Waals surface area (Å²) in [5.74, 6) is 0. The zero-order chi connectivity index (χ0) is 18.8. The number of ether oxygens (including phenoxy) is 1. The Kier molecular flexibility index (Phi) is 6.33. The highest BCUT2D eigenvalue weighted by atomic mass is 31.2. The molecule has 0 spiro atoms. The van der Waals surface area contributed by atoms with Crippen molar-refractivity contribution in [3.8, 4) is 0 Å². The highest BCUT2D eigenvalue weighted by Crippen LogP contribution is 2.38. The Labute approximate surface area is 142 Å². The molecule has 2 rings (SSSR count). The van der Waals surface area contributed by atoms with Crippen LogP contribution < -0.4 is 11.2 Å². The molecular formula is C13H21N2O9P. The van der Waals surface area contributed by atoms with Gasteiger partial charge in [0.1, 0.15) is 18.3 Å². The molecule has 0 unspecified atom stereocenters. The number of aliphatic hydroxyl groups is 2. The van der Waals surface area contributed by atoms with Gasteiger partial charge in [0, 0.05) is 11.8 Å². The minimum atomic E-state index is -4.78. The normalized spacial score (nSPS) is 26.9. The Morgan fingerprint density at radius 2 is 2.00 bits per heavy atom. The largest absolute Gasteiger partial charge is 0.469 e. The maximum absolute atomic E-state index is 12.0. The summed E-state index contributed by atoms with van der Waals surface area (Å²) >= 11 is 0. The quantitative estimate of drug-likeness (QED) is 0.357. The van der Waals surface area contributed by atoms with Crippen molar-refractivity contribution in [3.05, 3.63) is 32.6 Å². The SMILES string of the molecule is CCCCc1cn([C@@H]2O[C@H](COP(=O)(O)O)[C@@H](O)[C@H]2O)c(=O)[nH]c1=O. The third-order valence-electron chi connectivity index (χ3n) is 3.86. The summed E-state index contributed by atoms with van der Waals surface area (Å²) in [5, 5.41) is 20.0. The fourth-order valence-electron chi connectivity index (χ4n) is 2.53. The van der Waals surface area contributed by atoms with Crippen molar-refractivity contribution in [1.82, 2.24) is 9.55 Å². The third kappa shape index (κ3) is 4.85. The van der Waals surface area contributed by atoms with Gasteiger partial charge in [0.15, 0.2) is 6.23 Å². The number of phosphoric ester groups is 1. The minimum absolute atomic E-state index is 0.321. The van der Waals surface area contributed by atoms with E-state index >= 15 is 0 Å². The van der Waals surface area contributed by atoms with Gasteiger partial charge in [0.2, 0.25) is 0 Å². The first kappa shape index (κ1) is 20.0. The first-order chi connectivity index (χ1) is 11.6. The monoisotopic (exact) mass is 380 g/mol. The first-order valence-electron chi connectivity index (χ1n) is 7.70. The van der Waals surface area contributed by atoms with E-state index in [1.807, 2.05) is 6.92 Å². The Balaban J connectivity index is 2.24. The summed E-state index contributed by atoms with van der Waals surface area (Å²) < 4.78 is 21.3. The fourth-order valence-corrected chi connectivity index (χ4v) is 2.87. The van der Waals surface area contributed by atoms with Gasteiger partial charge in [-0.05, 0) is 12.8 Å². The van der Waals surface area contributed by atoms with Crippen LogP contribution in [-0.2, 0) is 20.2 Å². The van der Waals surface area contributed by atoms with Gasteiger partial charge in [-0.2, -0.15) is 0 Å². The van der Waals surface area contributed by atoms with Crippen LogP contribution in [0.15, 0.2) is 15.8 Å². The summed E-state index contributed by atoms with van der Waals surface area (Å²) in [7, 11) is -4.78. The van der Waals surface area contributed by atoms with Crippen LogP contribution >= 0.6 is 7.82 Å². The fraction of sp³-hybridized carbons (Fsp3) is 0.692. The summed E-state index contributed by atoms with van der Waals surface area (Å²) in [5.41, 5.74) is -1.05. The number of H-pyrrole nitrogens is 1. The van der Waals surface area contributed by atoms with Crippen LogP contribution in [0, 0.1) is 0 Å². The molecule has 0 radical (unpaired) electrons. The van der Waals surface area contributed by atoms with Crippen LogP contribution in [0.1, 0.15) is 31.6 Å². The second kappa shape index (κ2) is 7.92. The van der Waals surface area contributed by atoms with Gasteiger partial charge < -0.3 is 24.7 Å². The molecule has 12 heteroatoms. The zero-order valence-electron chi connectivity index (χ0n) is 13.4. The molecule has 1 fully saturated rings. The summed E-state index contributed by atoms with van der Waals surface area (Å²) in [6, 6.07) is 0. The third-order valence-corrected chi connectivity index (χ3v) is 4.34. The summed E-state index contributed by atoms with van der Waals surface area (Å²) in [6.07, 6.45) is -2.44. The van der Waals surface area contributed by atoms with Crippen molar-refractivity contribution in [2.45, 2.75) is 50.7 Å². The molecule has 4 atom stereocenters. The van der Waals surface area contributed by atoms with Gasteiger partial charge in [0.05, 0.1) is 6.61 Å². The van der Waals surface area contributed by atoms with E-state index in [-0.39, 0.29) is 0 Å². The lowest BCUT2D eigenvalue weighted by atomic mass is 10.1. The maximum Gasteiger partial charge on any atom is 0.469 e. The number of hydrogen-bond donors (Lipinski definition) is 5. The molecule has 0 aliphatic carbocycles. The average molecular weight is 380 g/mol. The van der Waals surface area contributed by atoms with Crippen molar-refractivity contribution in [2.24, 2.45) is 0 Å². The van der Waals surface area contributed by atoms with E-state index in [2.05, 4.69) is 9.51 Å². The van der Waals surface area contributed by atoms with Gasteiger partial charge in [-0.15, -0.1) is 0 Å². The second-order valence-corrected chi connectivity index (χ2v) is 7.00. The van der Waals surface area contributed by atoms with Crippen LogP contribution in [0.3, 0.4) is 0 Å². The van der Waals surface area contributed by atoms with Crippen molar-refractivity contribution in [2.75, 3.05) is 6.61 Å². The molecular weight excluding hydrogens is 359 g/mol. The van der Waals surface area contributed by atoms with Gasteiger partial charge in [-0.1, -0.05) is 13.3 Å². The van der Waals surface area contributed by atoms with E-state index in [4.69, 9.17) is 14.5 Å². The number of aromatic nitrogens is 2. The lowest BCUT2D eigenvalue weighted by Crippen LogP contribution is -2.39. The number of aromatic amines is 1. The standard InChI is InChI=1S/C13H21N2O9P/c1-2-3-4-7-5-15(13(19)14-11(7)18)12-10(17)9(16)8(24-12)6-23-25(20,21)22/h5,8-10,12,16-17H,2-4,6H2,1H3,(H,14,18,19)(H2,20,21,22)/t8-,9-,10-,12-/m1/s1. The molecule has 1 aromatic heterocycles. The number of nitrogens with one attached hydrogen (secondary N) is 1. The Bertz CT molecular complexity index is 755. The molecule has 11 nitrogen and oxygen atoms in total. The number of phosphoric acid groups is 1. The molecule has 0 saturated carbocycles. The van der Waals surface area contributed by atoms with Crippen LogP contribution in [0.5, 0.6) is 0 Å². The maximum atomic E-state index is 12.0. The van der Waals surface area contributed by atoms with Crippen molar-refractivity contribution >= 4 is 7.82 Å². The lowest BCUT2D eigenvalue weighted by molar-refractivity contribution is -0.0544. The molecule has 0 amide bonds. The predicted octanol–water partition coefficient (Wildman–Crippen LogP) is -1.39. The number of aryl methyl sites for hydroxylation is 1. The molecule has 1 aliphatic rings. The average Bonchev–Trinajstić information content (AvgIpc) is 2.80. The van der Waals surface area contributed by atoms with Crippen LogP contribution in [0.2, 0.25) is 0 Å². The van der Waals surface area contributed by atoms with E-state index in [1.165, 1.54) is 6.20 Å². The van der Waals surface area contributed by atoms with Gasteiger partial charge >= 0.3 is 13.5 Å². The van der Waals surface area contributed by atoms with Gasteiger partial charge in [-0.3, -0.25) is 18.9 Å². The number of aliphatic hydroxyl groups excluding tert-OH is 2. The van der Waals surface area contributed by atoms with E-state index in [0.717, 1.165) is 17.4 Å². The Morgan fingerprint density at radius 3 is 2.60 bits per heavy atom. The summed E-state index contributed by atoms with van der Waals surface area (Å²) in [4.78, 5) is 43.3. The minimum Gasteiger partial charge on any atom is -0.387 e. The van der Waals surface area contributed by atoms with Crippen molar-refractivity contribution in [3.63, 3.8) is 0 Å².